The molecule has 0 aliphatic carbocycles. The van der Waals surface area contributed by atoms with Gasteiger partial charge in [0.1, 0.15) is 0 Å². The first kappa shape index (κ1) is 11.4. The first-order valence-electron chi connectivity index (χ1n) is 4.04. The molecule has 0 aromatic heterocycles. The second-order valence-electron chi connectivity index (χ2n) is 2.66. The van der Waals surface area contributed by atoms with Crippen molar-refractivity contribution in [2.45, 2.75) is 11.1 Å². The normalized spacial score (nSPS) is 11.7. The average molecular weight is 221 g/mol. The molecule has 14 heavy (non-hydrogen) atoms. The Bertz CT molecular complexity index is 298. The van der Waals surface area contributed by atoms with Crippen LogP contribution in [0.2, 0.25) is 0 Å². The smallest absolute Gasteiger partial charge is 0.330 e. The maximum atomic E-state index is 12.3. The van der Waals surface area contributed by atoms with Crippen molar-refractivity contribution < 1.29 is 13.2 Å². The van der Waals surface area contributed by atoms with E-state index in [4.69, 9.17) is 5.73 Å². The largest absolute Gasteiger partial charge is 0.416 e. The number of hydrogen-bond acceptors (Lipinski definition) is 2. The van der Waals surface area contributed by atoms with E-state index in [0.717, 1.165) is 12.1 Å². The molecule has 0 heterocycles. The van der Waals surface area contributed by atoms with Crippen molar-refractivity contribution in [3.8, 4) is 0 Å². The van der Waals surface area contributed by atoms with E-state index in [1.807, 2.05) is 0 Å². The summed E-state index contributed by atoms with van der Waals surface area (Å²) in [5.74, 6) is 0.626. The Hall–Kier alpha value is -0.680. The van der Waals surface area contributed by atoms with E-state index in [9.17, 15) is 13.2 Å². The molecule has 1 rings (SSSR count). The van der Waals surface area contributed by atoms with E-state index in [1.54, 1.807) is 6.07 Å². The fourth-order valence-electron chi connectivity index (χ4n) is 0.939. The number of nitrogens with two attached hydrogens (primary N) is 1. The summed E-state index contributed by atoms with van der Waals surface area (Å²) in [4.78, 5) is 0.602. The summed E-state index contributed by atoms with van der Waals surface area (Å²) in [6.45, 7) is 0.459. The van der Waals surface area contributed by atoms with Crippen LogP contribution in [0.15, 0.2) is 29.2 Å². The highest BCUT2D eigenvalue weighted by molar-refractivity contribution is 7.99. The Morgan fingerprint density at radius 3 is 2.57 bits per heavy atom. The lowest BCUT2D eigenvalue weighted by atomic mass is 10.2. The van der Waals surface area contributed by atoms with Gasteiger partial charge >= 0.3 is 6.18 Å². The fourth-order valence-corrected chi connectivity index (χ4v) is 1.68. The van der Waals surface area contributed by atoms with E-state index in [0.29, 0.717) is 17.2 Å². The Balaban J connectivity index is 2.79. The predicted octanol–water partition coefficient (Wildman–Crippen LogP) is 2.76. The van der Waals surface area contributed by atoms with Crippen LogP contribution in [0.5, 0.6) is 0 Å². The molecule has 2 N–H and O–H groups in total. The van der Waals surface area contributed by atoms with Crippen LogP contribution in [0, 0.1) is 0 Å². The Labute approximate surface area is 84.5 Å². The van der Waals surface area contributed by atoms with Gasteiger partial charge in [-0.05, 0) is 18.2 Å². The molecule has 0 aliphatic rings. The third kappa shape index (κ3) is 3.23. The van der Waals surface area contributed by atoms with Crippen LogP contribution in [0.25, 0.3) is 0 Å². The third-order valence-corrected chi connectivity index (χ3v) is 2.58. The van der Waals surface area contributed by atoms with Crippen LogP contribution < -0.4 is 5.73 Å². The minimum absolute atomic E-state index is 0.459. The molecule has 1 nitrogen and oxygen atoms in total. The highest BCUT2D eigenvalue weighted by Gasteiger charge is 2.30. The van der Waals surface area contributed by atoms with Crippen molar-refractivity contribution in [1.82, 2.24) is 0 Å². The van der Waals surface area contributed by atoms with Crippen LogP contribution in [0.1, 0.15) is 5.56 Å². The molecule has 1 aromatic rings. The van der Waals surface area contributed by atoms with Gasteiger partial charge in [0, 0.05) is 17.2 Å². The molecule has 0 fully saturated rings. The highest BCUT2D eigenvalue weighted by atomic mass is 32.2. The highest BCUT2D eigenvalue weighted by Crippen LogP contribution is 2.31. The van der Waals surface area contributed by atoms with Crippen molar-refractivity contribution in [1.29, 1.82) is 0 Å². The zero-order chi connectivity index (χ0) is 10.6. The van der Waals surface area contributed by atoms with E-state index in [1.165, 1.54) is 17.8 Å². The van der Waals surface area contributed by atoms with Crippen molar-refractivity contribution in [3.05, 3.63) is 29.8 Å². The molecule has 0 saturated heterocycles. The van der Waals surface area contributed by atoms with Crippen LogP contribution >= 0.6 is 11.8 Å². The van der Waals surface area contributed by atoms with Gasteiger partial charge in [-0.2, -0.15) is 13.2 Å². The van der Waals surface area contributed by atoms with Crippen LogP contribution in [-0.4, -0.2) is 12.3 Å². The molecule has 0 radical (unpaired) electrons. The van der Waals surface area contributed by atoms with Crippen molar-refractivity contribution in [2.24, 2.45) is 5.73 Å². The maximum absolute atomic E-state index is 12.3. The summed E-state index contributed by atoms with van der Waals surface area (Å²) in [6.07, 6.45) is -4.26. The maximum Gasteiger partial charge on any atom is 0.416 e. The van der Waals surface area contributed by atoms with E-state index < -0.39 is 11.7 Å². The number of rotatable bonds is 3. The van der Waals surface area contributed by atoms with Crippen LogP contribution in [-0.2, 0) is 6.18 Å². The summed E-state index contributed by atoms with van der Waals surface area (Å²) < 4.78 is 36.8. The molecule has 0 bridgehead atoms. The predicted molar refractivity (Wildman–Crippen MR) is 51.2 cm³/mol. The van der Waals surface area contributed by atoms with Crippen LogP contribution in [0.3, 0.4) is 0 Å². The Morgan fingerprint density at radius 1 is 1.29 bits per heavy atom. The molecular weight excluding hydrogens is 211 g/mol. The molecule has 0 aliphatic heterocycles. The van der Waals surface area contributed by atoms with Gasteiger partial charge in [0.2, 0.25) is 0 Å². The molecule has 0 unspecified atom stereocenters. The second-order valence-corrected chi connectivity index (χ2v) is 3.83. The van der Waals surface area contributed by atoms with Gasteiger partial charge in [-0.25, -0.2) is 0 Å². The summed E-state index contributed by atoms with van der Waals surface area (Å²) in [7, 11) is 0. The number of halogens is 3. The molecule has 78 valence electrons. The monoisotopic (exact) mass is 221 g/mol. The van der Waals surface area contributed by atoms with Gasteiger partial charge in [0.05, 0.1) is 5.56 Å². The molecule has 5 heteroatoms. The summed E-state index contributed by atoms with van der Waals surface area (Å²) >= 11 is 1.33. The molecule has 1 aromatic carbocycles. The molecule has 0 saturated carbocycles. The van der Waals surface area contributed by atoms with E-state index >= 15 is 0 Å². The Kier molecular flexibility index (Phi) is 3.83. The van der Waals surface area contributed by atoms with Gasteiger partial charge in [-0.15, -0.1) is 11.8 Å². The number of thioether (sulfide) groups is 1. The zero-order valence-electron chi connectivity index (χ0n) is 7.34. The summed E-state index contributed by atoms with van der Waals surface area (Å²) in [5.41, 5.74) is 4.65. The van der Waals surface area contributed by atoms with Gasteiger partial charge in [-0.1, -0.05) is 6.07 Å². The quantitative estimate of drug-likeness (QED) is 0.794. The topological polar surface area (TPSA) is 26.0 Å². The van der Waals surface area contributed by atoms with E-state index in [-0.39, 0.29) is 0 Å². The van der Waals surface area contributed by atoms with Crippen molar-refractivity contribution in [3.63, 3.8) is 0 Å². The van der Waals surface area contributed by atoms with Gasteiger partial charge in [-0.3, -0.25) is 0 Å². The van der Waals surface area contributed by atoms with Gasteiger partial charge in [0.25, 0.3) is 0 Å². The minimum atomic E-state index is -4.26. The number of alkyl halides is 3. The van der Waals surface area contributed by atoms with E-state index in [2.05, 4.69) is 0 Å². The first-order valence-corrected chi connectivity index (χ1v) is 5.02. The SMILES string of the molecule is NCCSc1cccc(C(F)(F)F)c1. The Morgan fingerprint density at radius 2 is 2.00 bits per heavy atom. The molecular formula is C9H10F3NS. The number of hydrogen-bond donors (Lipinski definition) is 1. The van der Waals surface area contributed by atoms with Crippen molar-refractivity contribution in [2.75, 3.05) is 12.3 Å². The average Bonchev–Trinajstić information content (AvgIpc) is 2.14. The van der Waals surface area contributed by atoms with Crippen LogP contribution in [0.4, 0.5) is 13.2 Å². The number of benzene rings is 1. The molecule has 0 atom stereocenters. The lowest BCUT2D eigenvalue weighted by Crippen LogP contribution is -2.05. The lowest BCUT2D eigenvalue weighted by molar-refractivity contribution is -0.137. The molecule has 0 amide bonds. The fraction of sp³-hybridized carbons (Fsp3) is 0.333. The van der Waals surface area contributed by atoms with Gasteiger partial charge < -0.3 is 5.73 Å². The minimum Gasteiger partial charge on any atom is -0.330 e. The second kappa shape index (κ2) is 4.70. The third-order valence-electron chi connectivity index (χ3n) is 1.55. The van der Waals surface area contributed by atoms with Gasteiger partial charge in [0.15, 0.2) is 0 Å². The first-order chi connectivity index (χ1) is 6.54. The lowest BCUT2D eigenvalue weighted by Gasteiger charge is -2.07. The summed E-state index contributed by atoms with van der Waals surface area (Å²) in [6, 6.07) is 5.25. The summed E-state index contributed by atoms with van der Waals surface area (Å²) in [5, 5.41) is 0. The zero-order valence-corrected chi connectivity index (χ0v) is 8.16. The molecule has 0 spiro atoms. The standard InChI is InChI=1S/C9H10F3NS/c10-9(11,12)7-2-1-3-8(6-7)14-5-4-13/h1-3,6H,4-5,13H2. The van der Waals surface area contributed by atoms with Crippen molar-refractivity contribution >= 4 is 11.8 Å².